The molecule has 0 aliphatic carbocycles. The van der Waals surface area contributed by atoms with Crippen molar-refractivity contribution in [1.82, 2.24) is 9.97 Å². The molecule has 76 valence electrons. The molecule has 2 rings (SSSR count). The lowest BCUT2D eigenvalue weighted by molar-refractivity contribution is 1.21. The van der Waals surface area contributed by atoms with Crippen LogP contribution in [0.25, 0.3) is 0 Å². The standard InChI is InChI=1S/C10H9ClN4/c11-7-2-1-3-8(4-7)15-10-6-13-9(12)5-14-10/h1-6H,(H2,12,13)(H,14,15). The summed E-state index contributed by atoms with van der Waals surface area (Å²) in [5, 5.41) is 3.73. The highest BCUT2D eigenvalue weighted by Crippen LogP contribution is 2.18. The number of nitrogen functional groups attached to an aromatic ring is 1. The van der Waals surface area contributed by atoms with Gasteiger partial charge in [-0.1, -0.05) is 17.7 Å². The van der Waals surface area contributed by atoms with E-state index in [0.717, 1.165) is 5.69 Å². The van der Waals surface area contributed by atoms with Crippen LogP contribution in [0.1, 0.15) is 0 Å². The van der Waals surface area contributed by atoms with Gasteiger partial charge in [-0.25, -0.2) is 9.97 Å². The molecule has 1 aromatic carbocycles. The van der Waals surface area contributed by atoms with Crippen molar-refractivity contribution in [2.24, 2.45) is 0 Å². The Morgan fingerprint density at radius 1 is 1.20 bits per heavy atom. The molecule has 0 aliphatic rings. The van der Waals surface area contributed by atoms with Crippen molar-refractivity contribution >= 4 is 28.9 Å². The van der Waals surface area contributed by atoms with E-state index in [1.807, 2.05) is 12.1 Å². The summed E-state index contributed by atoms with van der Waals surface area (Å²) in [6.07, 6.45) is 3.06. The molecule has 0 saturated heterocycles. The summed E-state index contributed by atoms with van der Waals surface area (Å²) >= 11 is 5.84. The first kappa shape index (κ1) is 9.73. The van der Waals surface area contributed by atoms with Gasteiger partial charge in [0.2, 0.25) is 0 Å². The van der Waals surface area contributed by atoms with Gasteiger partial charge in [0.25, 0.3) is 0 Å². The maximum absolute atomic E-state index is 5.84. The number of nitrogens with one attached hydrogen (secondary N) is 1. The maximum Gasteiger partial charge on any atom is 0.149 e. The molecule has 0 aliphatic heterocycles. The van der Waals surface area contributed by atoms with E-state index in [0.29, 0.717) is 16.7 Å². The Bertz CT molecular complexity index is 455. The summed E-state index contributed by atoms with van der Waals surface area (Å²) in [7, 11) is 0. The van der Waals surface area contributed by atoms with E-state index in [2.05, 4.69) is 15.3 Å². The van der Waals surface area contributed by atoms with Gasteiger partial charge in [-0.2, -0.15) is 0 Å². The fourth-order valence-corrected chi connectivity index (χ4v) is 1.31. The minimum atomic E-state index is 0.395. The highest BCUT2D eigenvalue weighted by atomic mass is 35.5. The Hall–Kier alpha value is -1.81. The topological polar surface area (TPSA) is 63.8 Å². The predicted octanol–water partition coefficient (Wildman–Crippen LogP) is 2.46. The third kappa shape index (κ3) is 2.57. The second-order valence-corrected chi connectivity index (χ2v) is 3.40. The number of nitrogens with zero attached hydrogens (tertiary/aromatic N) is 2. The molecule has 3 N–H and O–H groups in total. The lowest BCUT2D eigenvalue weighted by atomic mass is 10.3. The largest absolute Gasteiger partial charge is 0.382 e. The van der Waals surface area contributed by atoms with Crippen molar-refractivity contribution in [2.75, 3.05) is 11.1 Å². The van der Waals surface area contributed by atoms with Crippen molar-refractivity contribution in [3.05, 3.63) is 41.7 Å². The second-order valence-electron chi connectivity index (χ2n) is 2.96. The van der Waals surface area contributed by atoms with Crippen LogP contribution in [0.2, 0.25) is 5.02 Å². The van der Waals surface area contributed by atoms with Gasteiger partial charge in [0.15, 0.2) is 0 Å². The first-order valence-corrected chi connectivity index (χ1v) is 4.72. The van der Waals surface area contributed by atoms with Crippen LogP contribution in [0.4, 0.5) is 17.3 Å². The van der Waals surface area contributed by atoms with Crippen LogP contribution in [0.5, 0.6) is 0 Å². The quantitative estimate of drug-likeness (QED) is 0.816. The number of rotatable bonds is 2. The van der Waals surface area contributed by atoms with Gasteiger partial charge in [0.1, 0.15) is 11.6 Å². The minimum Gasteiger partial charge on any atom is -0.382 e. The number of aromatic nitrogens is 2. The molecule has 0 atom stereocenters. The molecule has 5 heteroatoms. The van der Waals surface area contributed by atoms with Gasteiger partial charge in [-0.3, -0.25) is 0 Å². The zero-order valence-corrected chi connectivity index (χ0v) is 8.57. The van der Waals surface area contributed by atoms with E-state index in [-0.39, 0.29) is 0 Å². The Balaban J connectivity index is 2.18. The normalized spacial score (nSPS) is 9.93. The first-order valence-electron chi connectivity index (χ1n) is 4.34. The maximum atomic E-state index is 5.84. The number of hydrogen-bond donors (Lipinski definition) is 2. The molecule has 0 amide bonds. The zero-order valence-electron chi connectivity index (χ0n) is 7.81. The summed E-state index contributed by atoms with van der Waals surface area (Å²) < 4.78 is 0. The molecular weight excluding hydrogens is 212 g/mol. The predicted molar refractivity (Wildman–Crippen MR) is 61.2 cm³/mol. The van der Waals surface area contributed by atoms with Crippen LogP contribution in [0, 0.1) is 0 Å². The Labute approximate surface area is 92.1 Å². The third-order valence-corrected chi connectivity index (χ3v) is 2.00. The van der Waals surface area contributed by atoms with Gasteiger partial charge in [0, 0.05) is 10.7 Å². The van der Waals surface area contributed by atoms with E-state index < -0.39 is 0 Å². The highest BCUT2D eigenvalue weighted by molar-refractivity contribution is 6.30. The van der Waals surface area contributed by atoms with Crippen LogP contribution in [0.3, 0.4) is 0 Å². The summed E-state index contributed by atoms with van der Waals surface area (Å²) in [4.78, 5) is 7.98. The minimum absolute atomic E-state index is 0.395. The van der Waals surface area contributed by atoms with E-state index in [4.69, 9.17) is 17.3 Å². The van der Waals surface area contributed by atoms with Gasteiger partial charge >= 0.3 is 0 Å². The molecular formula is C10H9ClN4. The van der Waals surface area contributed by atoms with Crippen LogP contribution in [0.15, 0.2) is 36.7 Å². The number of nitrogens with two attached hydrogens (primary N) is 1. The van der Waals surface area contributed by atoms with Crippen molar-refractivity contribution in [1.29, 1.82) is 0 Å². The summed E-state index contributed by atoms with van der Waals surface area (Å²) in [6, 6.07) is 7.36. The molecule has 0 radical (unpaired) electrons. The van der Waals surface area contributed by atoms with Gasteiger partial charge in [-0.05, 0) is 18.2 Å². The summed E-state index contributed by atoms with van der Waals surface area (Å²) in [5.41, 5.74) is 6.28. The zero-order chi connectivity index (χ0) is 10.7. The van der Waals surface area contributed by atoms with Crippen molar-refractivity contribution in [3.8, 4) is 0 Å². The fraction of sp³-hybridized carbons (Fsp3) is 0. The van der Waals surface area contributed by atoms with E-state index in [1.165, 1.54) is 6.20 Å². The first-order chi connectivity index (χ1) is 7.24. The molecule has 0 unspecified atom stereocenters. The molecule has 0 bridgehead atoms. The number of benzene rings is 1. The lowest BCUT2D eigenvalue weighted by Gasteiger charge is -2.04. The average Bonchev–Trinajstić information content (AvgIpc) is 2.22. The molecule has 15 heavy (non-hydrogen) atoms. The van der Waals surface area contributed by atoms with Crippen molar-refractivity contribution in [3.63, 3.8) is 0 Å². The summed E-state index contributed by atoms with van der Waals surface area (Å²) in [5.74, 6) is 1.03. The molecule has 1 heterocycles. The van der Waals surface area contributed by atoms with Gasteiger partial charge in [-0.15, -0.1) is 0 Å². The monoisotopic (exact) mass is 220 g/mol. The van der Waals surface area contributed by atoms with Crippen LogP contribution in [-0.2, 0) is 0 Å². The van der Waals surface area contributed by atoms with E-state index >= 15 is 0 Å². The average molecular weight is 221 g/mol. The molecule has 2 aromatic rings. The van der Waals surface area contributed by atoms with E-state index in [9.17, 15) is 0 Å². The molecule has 0 spiro atoms. The number of anilines is 3. The highest BCUT2D eigenvalue weighted by Gasteiger charge is 1.96. The number of halogens is 1. The molecule has 4 nitrogen and oxygen atoms in total. The SMILES string of the molecule is Nc1cnc(Nc2cccc(Cl)c2)cn1. The Morgan fingerprint density at radius 3 is 2.73 bits per heavy atom. The van der Waals surface area contributed by atoms with Gasteiger partial charge in [0.05, 0.1) is 12.4 Å². The number of hydrogen-bond acceptors (Lipinski definition) is 4. The van der Waals surface area contributed by atoms with Gasteiger partial charge < -0.3 is 11.1 Å². The Morgan fingerprint density at radius 2 is 2.07 bits per heavy atom. The van der Waals surface area contributed by atoms with Crippen LogP contribution >= 0.6 is 11.6 Å². The smallest absolute Gasteiger partial charge is 0.149 e. The Kier molecular flexibility index (Phi) is 2.69. The fourth-order valence-electron chi connectivity index (χ4n) is 1.12. The van der Waals surface area contributed by atoms with Crippen LogP contribution in [-0.4, -0.2) is 9.97 Å². The van der Waals surface area contributed by atoms with Crippen molar-refractivity contribution < 1.29 is 0 Å². The lowest BCUT2D eigenvalue weighted by Crippen LogP contribution is -1.96. The second kappa shape index (κ2) is 4.14. The summed E-state index contributed by atoms with van der Waals surface area (Å²) in [6.45, 7) is 0. The molecule has 1 aromatic heterocycles. The van der Waals surface area contributed by atoms with Crippen molar-refractivity contribution in [2.45, 2.75) is 0 Å². The third-order valence-electron chi connectivity index (χ3n) is 1.77. The molecule has 0 saturated carbocycles. The van der Waals surface area contributed by atoms with E-state index in [1.54, 1.807) is 18.3 Å². The van der Waals surface area contributed by atoms with Crippen LogP contribution < -0.4 is 11.1 Å². The molecule has 0 fully saturated rings.